The van der Waals surface area contributed by atoms with Crippen LogP contribution in [0.4, 0.5) is 4.79 Å². The van der Waals surface area contributed by atoms with E-state index in [1.807, 2.05) is 6.08 Å². The van der Waals surface area contributed by atoms with Gasteiger partial charge in [-0.1, -0.05) is 18.2 Å². The molecule has 0 saturated carbocycles. The second kappa shape index (κ2) is 7.58. The zero-order chi connectivity index (χ0) is 20.5. The van der Waals surface area contributed by atoms with Crippen molar-refractivity contribution in [2.45, 2.75) is 32.6 Å². The van der Waals surface area contributed by atoms with E-state index >= 15 is 0 Å². The lowest BCUT2D eigenvalue weighted by Gasteiger charge is -2.42. The first kappa shape index (κ1) is 19.8. The van der Waals surface area contributed by atoms with Gasteiger partial charge in [0.15, 0.2) is 5.78 Å². The lowest BCUT2D eigenvalue weighted by Crippen LogP contribution is -2.64. The molecular formula is C21H24N2O5. The summed E-state index contributed by atoms with van der Waals surface area (Å²) in [5.41, 5.74) is -0.386. The summed E-state index contributed by atoms with van der Waals surface area (Å²) in [5.74, 6) is -1.07. The maximum Gasteiger partial charge on any atom is 0.333 e. The van der Waals surface area contributed by atoms with Gasteiger partial charge in [0.1, 0.15) is 11.2 Å². The van der Waals surface area contributed by atoms with E-state index in [2.05, 4.69) is 0 Å². The molecule has 3 rings (SSSR count). The molecule has 1 unspecified atom stereocenters. The topological polar surface area (TPSA) is 84.0 Å². The molecule has 0 N–H and O–H groups in total. The van der Waals surface area contributed by atoms with Crippen LogP contribution in [0.3, 0.4) is 0 Å². The number of urea groups is 1. The fourth-order valence-electron chi connectivity index (χ4n) is 3.79. The van der Waals surface area contributed by atoms with Crippen molar-refractivity contribution in [3.8, 4) is 5.75 Å². The number of rotatable bonds is 5. The van der Waals surface area contributed by atoms with Gasteiger partial charge in [-0.05, 0) is 50.3 Å². The normalized spacial score (nSPS) is 23.0. The van der Waals surface area contributed by atoms with E-state index < -0.39 is 35.6 Å². The van der Waals surface area contributed by atoms with Crippen molar-refractivity contribution in [3.63, 3.8) is 0 Å². The van der Waals surface area contributed by atoms with Crippen LogP contribution in [0.25, 0.3) is 0 Å². The number of hydrogen-bond acceptors (Lipinski definition) is 5. The predicted octanol–water partition coefficient (Wildman–Crippen LogP) is 2.81. The van der Waals surface area contributed by atoms with Crippen molar-refractivity contribution in [1.29, 1.82) is 0 Å². The van der Waals surface area contributed by atoms with Gasteiger partial charge in [-0.15, -0.1) is 0 Å². The first-order chi connectivity index (χ1) is 13.3. The molecule has 1 saturated heterocycles. The maximum atomic E-state index is 13.2. The van der Waals surface area contributed by atoms with E-state index in [1.165, 1.54) is 14.2 Å². The van der Waals surface area contributed by atoms with Gasteiger partial charge in [0.2, 0.25) is 5.91 Å². The fraction of sp³-hybridized carbons (Fsp3) is 0.429. The highest BCUT2D eigenvalue weighted by molar-refractivity contribution is 6.21. The zero-order valence-corrected chi connectivity index (χ0v) is 16.4. The fourth-order valence-corrected chi connectivity index (χ4v) is 3.79. The third-order valence-corrected chi connectivity index (χ3v) is 5.55. The average Bonchev–Trinajstić information content (AvgIpc) is 2.74. The highest BCUT2D eigenvalue weighted by atomic mass is 16.5. The van der Waals surface area contributed by atoms with Crippen LogP contribution in [0.2, 0.25) is 0 Å². The second-order valence-electron chi connectivity index (χ2n) is 7.29. The van der Waals surface area contributed by atoms with Crippen molar-refractivity contribution in [1.82, 2.24) is 9.80 Å². The number of amides is 4. The Labute approximate surface area is 163 Å². The highest BCUT2D eigenvalue weighted by Crippen LogP contribution is 2.40. The predicted molar refractivity (Wildman–Crippen MR) is 102 cm³/mol. The number of barbiturate groups is 1. The van der Waals surface area contributed by atoms with Crippen LogP contribution in [-0.2, 0) is 9.59 Å². The summed E-state index contributed by atoms with van der Waals surface area (Å²) in [4.78, 5) is 53.3. The van der Waals surface area contributed by atoms with Crippen LogP contribution in [-0.4, -0.2) is 54.1 Å². The monoisotopic (exact) mass is 384 g/mol. The van der Waals surface area contributed by atoms with Gasteiger partial charge in [-0.3, -0.25) is 24.2 Å². The largest absolute Gasteiger partial charge is 0.497 e. The summed E-state index contributed by atoms with van der Waals surface area (Å²) < 4.78 is 5.12. The highest BCUT2D eigenvalue weighted by Gasteiger charge is 2.55. The number of ketones is 1. The van der Waals surface area contributed by atoms with Crippen molar-refractivity contribution in [3.05, 3.63) is 41.5 Å². The molecule has 7 heteroatoms. The Morgan fingerprint density at radius 1 is 1.18 bits per heavy atom. The molecule has 1 heterocycles. The molecule has 1 aliphatic carbocycles. The molecule has 1 atom stereocenters. The van der Waals surface area contributed by atoms with Gasteiger partial charge < -0.3 is 4.74 Å². The lowest BCUT2D eigenvalue weighted by atomic mass is 9.73. The number of hydrogen-bond donors (Lipinski definition) is 0. The standard InChI is InChI=1S/C21H24N2O5/c1-21(15-9-5-4-6-10-15)18(25)22(2)20(27)23(19(21)26)13-17(24)14-8-7-11-16(12-14)28-3/h7-9,11-12H,4-6,10,13H2,1-3H3. The third-order valence-electron chi connectivity index (χ3n) is 5.55. The summed E-state index contributed by atoms with van der Waals surface area (Å²) in [6, 6.07) is 5.74. The molecule has 2 aliphatic rings. The summed E-state index contributed by atoms with van der Waals surface area (Å²) >= 11 is 0. The van der Waals surface area contributed by atoms with Crippen LogP contribution < -0.4 is 4.74 Å². The minimum atomic E-state index is -1.45. The average molecular weight is 384 g/mol. The van der Waals surface area contributed by atoms with Crippen molar-refractivity contribution >= 4 is 23.6 Å². The Bertz CT molecular complexity index is 875. The number of benzene rings is 1. The van der Waals surface area contributed by atoms with Crippen molar-refractivity contribution < 1.29 is 23.9 Å². The Morgan fingerprint density at radius 3 is 2.57 bits per heavy atom. The van der Waals surface area contributed by atoms with Crippen LogP contribution in [0.15, 0.2) is 35.9 Å². The maximum absolute atomic E-state index is 13.2. The lowest BCUT2D eigenvalue weighted by molar-refractivity contribution is -0.153. The Morgan fingerprint density at radius 2 is 1.93 bits per heavy atom. The van der Waals surface area contributed by atoms with Gasteiger partial charge >= 0.3 is 6.03 Å². The molecule has 148 valence electrons. The van der Waals surface area contributed by atoms with Gasteiger partial charge in [0.05, 0.1) is 13.7 Å². The zero-order valence-electron chi connectivity index (χ0n) is 16.4. The number of allylic oxidation sites excluding steroid dienone is 1. The molecular weight excluding hydrogens is 360 g/mol. The minimum absolute atomic E-state index is 0.332. The molecule has 7 nitrogen and oxygen atoms in total. The summed E-state index contributed by atoms with van der Waals surface area (Å²) in [7, 11) is 2.84. The molecule has 0 bridgehead atoms. The van der Waals surface area contributed by atoms with Crippen LogP contribution >= 0.6 is 0 Å². The van der Waals surface area contributed by atoms with Crippen molar-refractivity contribution in [2.75, 3.05) is 20.7 Å². The smallest absolute Gasteiger partial charge is 0.333 e. The second-order valence-corrected chi connectivity index (χ2v) is 7.29. The van der Waals surface area contributed by atoms with Gasteiger partial charge in [0, 0.05) is 12.6 Å². The third kappa shape index (κ3) is 3.21. The number of carbonyl (C=O) groups excluding carboxylic acids is 4. The molecule has 1 aliphatic heterocycles. The van der Waals surface area contributed by atoms with Gasteiger partial charge in [0.25, 0.3) is 5.91 Å². The van der Waals surface area contributed by atoms with E-state index in [1.54, 1.807) is 31.2 Å². The molecule has 1 fully saturated rings. The SMILES string of the molecule is COc1cccc(C(=O)CN2C(=O)N(C)C(=O)C(C)(C3=CCCCC3)C2=O)c1. The molecule has 0 radical (unpaired) electrons. The minimum Gasteiger partial charge on any atom is -0.497 e. The van der Waals surface area contributed by atoms with E-state index in [0.29, 0.717) is 17.7 Å². The molecule has 0 spiro atoms. The molecule has 28 heavy (non-hydrogen) atoms. The number of carbonyl (C=O) groups is 4. The number of imide groups is 2. The Balaban J connectivity index is 1.92. The summed E-state index contributed by atoms with van der Waals surface area (Å²) in [6.07, 6.45) is 5.25. The number of methoxy groups -OCH3 is 1. The molecule has 4 amide bonds. The number of nitrogens with zero attached hydrogens (tertiary/aromatic N) is 2. The van der Waals surface area contributed by atoms with Gasteiger partial charge in [-0.2, -0.15) is 0 Å². The number of Topliss-reactive ketones (excluding diaryl/α,β-unsaturated/α-hetero) is 1. The quantitative estimate of drug-likeness (QED) is 0.443. The molecule has 1 aromatic rings. The molecule has 0 aromatic heterocycles. The first-order valence-corrected chi connectivity index (χ1v) is 9.31. The van der Waals surface area contributed by atoms with Crippen LogP contribution in [0, 0.1) is 5.41 Å². The first-order valence-electron chi connectivity index (χ1n) is 9.31. The van der Waals surface area contributed by atoms with E-state index in [4.69, 9.17) is 4.74 Å². The Kier molecular flexibility index (Phi) is 5.36. The molecule has 1 aromatic carbocycles. The summed E-state index contributed by atoms with van der Waals surface area (Å²) in [5, 5.41) is 0. The van der Waals surface area contributed by atoms with E-state index in [-0.39, 0.29) is 0 Å². The van der Waals surface area contributed by atoms with E-state index in [0.717, 1.165) is 34.6 Å². The van der Waals surface area contributed by atoms with Gasteiger partial charge in [-0.25, -0.2) is 4.79 Å². The Hall–Kier alpha value is -2.96. The van der Waals surface area contributed by atoms with Crippen LogP contribution in [0.5, 0.6) is 5.75 Å². The summed E-state index contributed by atoms with van der Waals surface area (Å²) in [6.45, 7) is 1.13. The number of ether oxygens (including phenoxy) is 1. The van der Waals surface area contributed by atoms with Crippen LogP contribution in [0.1, 0.15) is 43.0 Å². The van der Waals surface area contributed by atoms with Crippen molar-refractivity contribution in [2.24, 2.45) is 5.41 Å². The van der Waals surface area contributed by atoms with E-state index in [9.17, 15) is 19.2 Å².